The molecular weight excluding hydrogens is 414 g/mol. The molecule has 1 aromatic heterocycles. The summed E-state index contributed by atoms with van der Waals surface area (Å²) in [7, 11) is 0. The normalized spacial score (nSPS) is 16.5. The molecule has 0 radical (unpaired) electrons. The Morgan fingerprint density at radius 3 is 2.71 bits per heavy atom. The van der Waals surface area contributed by atoms with Gasteiger partial charge in [-0.1, -0.05) is 36.4 Å². The van der Waals surface area contributed by atoms with E-state index in [-0.39, 0.29) is 17.7 Å². The predicted molar refractivity (Wildman–Crippen MR) is 119 cm³/mol. The SMILES string of the molecule is CCOCCCNC(=O)[C@H](c1ccccc1)N(Cc1cccs1)C(=O)[C@H]1CCC(=O)N1. The maximum atomic E-state index is 13.5. The van der Waals surface area contributed by atoms with Crippen LogP contribution in [0.15, 0.2) is 47.8 Å². The third kappa shape index (κ3) is 6.38. The minimum absolute atomic E-state index is 0.133. The number of benzene rings is 1. The quantitative estimate of drug-likeness (QED) is 0.523. The van der Waals surface area contributed by atoms with E-state index in [0.717, 1.165) is 10.4 Å². The molecule has 3 rings (SSSR count). The summed E-state index contributed by atoms with van der Waals surface area (Å²) in [6.45, 7) is 3.90. The zero-order chi connectivity index (χ0) is 22.1. The highest BCUT2D eigenvalue weighted by molar-refractivity contribution is 7.09. The highest BCUT2D eigenvalue weighted by atomic mass is 32.1. The number of nitrogens with one attached hydrogen (secondary N) is 2. The van der Waals surface area contributed by atoms with Crippen LogP contribution >= 0.6 is 11.3 Å². The number of carbonyl (C=O) groups is 3. The lowest BCUT2D eigenvalue weighted by atomic mass is 10.0. The maximum absolute atomic E-state index is 13.5. The number of thiophene rings is 1. The summed E-state index contributed by atoms with van der Waals surface area (Å²) in [5, 5.41) is 7.65. The van der Waals surface area contributed by atoms with Crippen LogP contribution in [-0.2, 0) is 25.7 Å². The van der Waals surface area contributed by atoms with Crippen LogP contribution in [0.25, 0.3) is 0 Å². The molecule has 2 atom stereocenters. The number of nitrogens with zero attached hydrogens (tertiary/aromatic N) is 1. The first-order valence-corrected chi connectivity index (χ1v) is 11.5. The van der Waals surface area contributed by atoms with Gasteiger partial charge >= 0.3 is 0 Å². The molecule has 8 heteroatoms. The summed E-state index contributed by atoms with van der Waals surface area (Å²) < 4.78 is 5.34. The van der Waals surface area contributed by atoms with E-state index in [4.69, 9.17) is 4.74 Å². The molecule has 0 unspecified atom stereocenters. The molecule has 1 fully saturated rings. The molecule has 7 nitrogen and oxygen atoms in total. The Morgan fingerprint density at radius 1 is 1.26 bits per heavy atom. The molecule has 166 valence electrons. The second-order valence-electron chi connectivity index (χ2n) is 7.36. The summed E-state index contributed by atoms with van der Waals surface area (Å²) in [6, 6.07) is 11.8. The van der Waals surface area contributed by atoms with E-state index < -0.39 is 12.1 Å². The smallest absolute Gasteiger partial charge is 0.247 e. The van der Waals surface area contributed by atoms with E-state index >= 15 is 0 Å². The molecule has 31 heavy (non-hydrogen) atoms. The average Bonchev–Trinajstić information content (AvgIpc) is 3.45. The number of amides is 3. The van der Waals surface area contributed by atoms with Crippen molar-refractivity contribution < 1.29 is 19.1 Å². The van der Waals surface area contributed by atoms with Gasteiger partial charge in [0.25, 0.3) is 0 Å². The van der Waals surface area contributed by atoms with Crippen molar-refractivity contribution >= 4 is 29.1 Å². The Balaban J connectivity index is 1.85. The summed E-state index contributed by atoms with van der Waals surface area (Å²) >= 11 is 1.53. The molecule has 2 heterocycles. The lowest BCUT2D eigenvalue weighted by Gasteiger charge is -2.33. The average molecular weight is 444 g/mol. The molecule has 1 aliphatic rings. The van der Waals surface area contributed by atoms with Crippen LogP contribution in [0, 0.1) is 0 Å². The van der Waals surface area contributed by atoms with E-state index in [2.05, 4.69) is 10.6 Å². The van der Waals surface area contributed by atoms with Crippen molar-refractivity contribution in [2.24, 2.45) is 0 Å². The van der Waals surface area contributed by atoms with Gasteiger partial charge in [-0.3, -0.25) is 14.4 Å². The number of ether oxygens (including phenoxy) is 1. The third-order valence-corrected chi connectivity index (χ3v) is 5.99. The van der Waals surface area contributed by atoms with Crippen LogP contribution in [0.3, 0.4) is 0 Å². The maximum Gasteiger partial charge on any atom is 0.247 e. The number of rotatable bonds is 11. The number of hydrogen-bond acceptors (Lipinski definition) is 5. The lowest BCUT2D eigenvalue weighted by molar-refractivity contribution is -0.143. The van der Waals surface area contributed by atoms with Crippen molar-refractivity contribution in [3.63, 3.8) is 0 Å². The van der Waals surface area contributed by atoms with E-state index in [0.29, 0.717) is 45.6 Å². The van der Waals surface area contributed by atoms with Crippen molar-refractivity contribution in [2.45, 2.75) is 44.8 Å². The largest absolute Gasteiger partial charge is 0.382 e. The van der Waals surface area contributed by atoms with Crippen LogP contribution in [0.5, 0.6) is 0 Å². The van der Waals surface area contributed by atoms with Gasteiger partial charge in [-0.2, -0.15) is 0 Å². The molecule has 0 aliphatic carbocycles. The van der Waals surface area contributed by atoms with Gasteiger partial charge in [-0.25, -0.2) is 0 Å². The van der Waals surface area contributed by atoms with Gasteiger partial charge in [0.15, 0.2) is 0 Å². The van der Waals surface area contributed by atoms with E-state index in [1.165, 1.54) is 11.3 Å². The molecule has 3 amide bonds. The zero-order valence-electron chi connectivity index (χ0n) is 17.7. The van der Waals surface area contributed by atoms with Crippen LogP contribution in [0.1, 0.15) is 42.7 Å². The monoisotopic (exact) mass is 443 g/mol. The van der Waals surface area contributed by atoms with E-state index in [9.17, 15) is 14.4 Å². The van der Waals surface area contributed by atoms with Gasteiger partial charge in [0.2, 0.25) is 17.7 Å². The topological polar surface area (TPSA) is 87.7 Å². The Kier molecular flexibility index (Phi) is 8.61. The van der Waals surface area contributed by atoms with Gasteiger partial charge in [0.05, 0.1) is 6.54 Å². The summed E-state index contributed by atoms with van der Waals surface area (Å²) in [6.07, 6.45) is 1.46. The van der Waals surface area contributed by atoms with Crippen LogP contribution in [0.4, 0.5) is 0 Å². The Hall–Kier alpha value is -2.71. The molecule has 0 bridgehead atoms. The predicted octanol–water partition coefficient (Wildman–Crippen LogP) is 2.64. The van der Waals surface area contributed by atoms with Gasteiger partial charge in [0.1, 0.15) is 12.1 Å². The first-order valence-electron chi connectivity index (χ1n) is 10.6. The van der Waals surface area contributed by atoms with Crippen LogP contribution in [-0.4, -0.2) is 48.4 Å². The third-order valence-electron chi connectivity index (χ3n) is 5.13. The van der Waals surface area contributed by atoms with Crippen molar-refractivity contribution in [1.29, 1.82) is 0 Å². The Labute approximate surface area is 186 Å². The van der Waals surface area contributed by atoms with Crippen molar-refractivity contribution in [1.82, 2.24) is 15.5 Å². The lowest BCUT2D eigenvalue weighted by Crippen LogP contribution is -2.49. The van der Waals surface area contributed by atoms with E-state index in [1.54, 1.807) is 4.90 Å². The molecular formula is C23H29N3O4S. The standard InChI is InChI=1S/C23H29N3O4S/c1-2-30-14-7-13-24-22(28)21(17-8-4-3-5-9-17)26(16-18-10-6-15-31-18)23(29)19-11-12-20(27)25-19/h3-6,8-10,15,19,21H,2,7,11-14,16H2,1H3,(H,24,28)(H,25,27)/t19-,21+/m1/s1. The first-order chi connectivity index (χ1) is 15.1. The van der Waals surface area contributed by atoms with Crippen LogP contribution < -0.4 is 10.6 Å². The summed E-state index contributed by atoms with van der Waals surface area (Å²) in [4.78, 5) is 41.1. The molecule has 1 aliphatic heterocycles. The van der Waals surface area contributed by atoms with Crippen molar-refractivity contribution in [3.8, 4) is 0 Å². The molecule has 0 saturated carbocycles. The van der Waals surface area contributed by atoms with E-state index in [1.807, 2.05) is 54.8 Å². The molecule has 2 N–H and O–H groups in total. The summed E-state index contributed by atoms with van der Waals surface area (Å²) in [5.41, 5.74) is 0.735. The molecule has 2 aromatic rings. The number of carbonyl (C=O) groups excluding carboxylic acids is 3. The summed E-state index contributed by atoms with van der Waals surface area (Å²) in [5.74, 6) is -0.611. The number of hydrogen-bond donors (Lipinski definition) is 2. The van der Waals surface area contributed by atoms with Crippen molar-refractivity contribution in [2.75, 3.05) is 19.8 Å². The Bertz CT molecular complexity index is 857. The minimum atomic E-state index is -0.791. The fourth-order valence-electron chi connectivity index (χ4n) is 3.60. The van der Waals surface area contributed by atoms with Gasteiger partial charge in [0, 0.05) is 31.1 Å². The highest BCUT2D eigenvalue weighted by Gasteiger charge is 2.37. The van der Waals surface area contributed by atoms with Gasteiger partial charge < -0.3 is 20.3 Å². The molecule has 1 saturated heterocycles. The van der Waals surface area contributed by atoms with Gasteiger partial charge in [-0.15, -0.1) is 11.3 Å². The second kappa shape index (κ2) is 11.6. The second-order valence-corrected chi connectivity index (χ2v) is 8.39. The van der Waals surface area contributed by atoms with Crippen LogP contribution in [0.2, 0.25) is 0 Å². The zero-order valence-corrected chi connectivity index (χ0v) is 18.5. The van der Waals surface area contributed by atoms with Gasteiger partial charge in [-0.05, 0) is 36.8 Å². The fraction of sp³-hybridized carbons (Fsp3) is 0.435. The fourth-order valence-corrected chi connectivity index (χ4v) is 4.30. The van der Waals surface area contributed by atoms with Crippen molar-refractivity contribution in [3.05, 3.63) is 58.3 Å². The highest BCUT2D eigenvalue weighted by Crippen LogP contribution is 2.27. The Morgan fingerprint density at radius 2 is 2.06 bits per heavy atom. The molecule has 1 aromatic carbocycles. The molecule has 0 spiro atoms. The minimum Gasteiger partial charge on any atom is -0.382 e. The first kappa shape index (κ1) is 23.0.